The quantitative estimate of drug-likeness (QED) is 0.124. The van der Waals surface area contributed by atoms with Crippen LogP contribution in [0.4, 0.5) is 0 Å². The topological polar surface area (TPSA) is 37.9 Å². The van der Waals surface area contributed by atoms with E-state index in [0.29, 0.717) is 11.5 Å². The molecule has 2 aliphatic rings. The molecule has 0 atom stereocenters. The highest BCUT2D eigenvalue weighted by molar-refractivity contribution is 6.18. The second-order valence-electron chi connectivity index (χ2n) is 14.9. The third-order valence-electron chi connectivity index (χ3n) is 11.9. The van der Waals surface area contributed by atoms with Crippen molar-refractivity contribution in [3.63, 3.8) is 0 Å². The maximum absolute atomic E-state index is 7.19. The van der Waals surface area contributed by atoms with E-state index in [1.807, 2.05) is 60.7 Å². The predicted molar refractivity (Wildman–Crippen MR) is 241 cm³/mol. The summed E-state index contributed by atoms with van der Waals surface area (Å²) in [6.45, 7) is 8.45. The Morgan fingerprint density at radius 2 is 1.02 bits per heavy atom. The van der Waals surface area contributed by atoms with Crippen LogP contribution in [0.2, 0.25) is 0 Å². The van der Waals surface area contributed by atoms with Gasteiger partial charge in [0.15, 0.2) is 5.84 Å². The van der Waals surface area contributed by atoms with Gasteiger partial charge in [0, 0.05) is 33.0 Å². The number of amidine groups is 1. The largest absolute Gasteiger partial charge is 0.455 e. The van der Waals surface area contributed by atoms with Crippen LogP contribution in [0.5, 0.6) is 0 Å². The van der Waals surface area contributed by atoms with Crippen molar-refractivity contribution in [3.05, 3.63) is 246 Å². The minimum atomic E-state index is -0.437. The van der Waals surface area contributed by atoms with Crippen LogP contribution in [0, 0.1) is 0 Å². The summed E-state index contributed by atoms with van der Waals surface area (Å²) >= 11 is 0. The van der Waals surface area contributed by atoms with E-state index in [-0.39, 0.29) is 0 Å². The lowest BCUT2D eigenvalue weighted by Gasteiger charge is -2.30. The molecule has 0 N–H and O–H groups in total. The monoisotopic (exact) mass is 740 g/mol. The average molecular weight is 741 g/mol. The van der Waals surface area contributed by atoms with Crippen LogP contribution >= 0.6 is 0 Å². The lowest BCUT2D eigenvalue weighted by molar-refractivity contribution is 0.670. The molecule has 9 aromatic rings. The van der Waals surface area contributed by atoms with Crippen molar-refractivity contribution in [3.8, 4) is 33.4 Å². The summed E-state index contributed by atoms with van der Waals surface area (Å²) in [4.78, 5) is 10.2. The molecule has 0 bridgehead atoms. The molecule has 0 amide bonds. The molecular weight excluding hydrogens is 705 g/mol. The van der Waals surface area contributed by atoms with Crippen LogP contribution in [0.3, 0.4) is 0 Å². The number of nitrogens with zero attached hydrogens (tertiary/aromatic N) is 2. The van der Waals surface area contributed by atoms with E-state index in [0.717, 1.165) is 61.0 Å². The number of benzene rings is 8. The lowest BCUT2D eigenvalue weighted by Crippen LogP contribution is -2.25. The molecule has 0 saturated carbocycles. The highest BCUT2D eigenvalue weighted by Gasteiger charge is 2.52. The Hall–Kier alpha value is -7.62. The number of para-hydroxylation sites is 1. The molecule has 272 valence electrons. The maximum Gasteiger partial charge on any atom is 0.160 e. The molecule has 3 nitrogen and oxygen atoms in total. The summed E-state index contributed by atoms with van der Waals surface area (Å²) in [5.74, 6) is 0.545. The molecule has 0 fully saturated rings. The SMILES string of the molecule is C=CC(=NC(=NC(=C)c1ccccc1)c1cccc(-c2cccc3c2oc2c4c(ccc23)C2(c3ccccc3-c3ccccc32)c2ccccc2-4)c1)c1ccccc1. The summed E-state index contributed by atoms with van der Waals surface area (Å²) < 4.78 is 7.19. The summed E-state index contributed by atoms with van der Waals surface area (Å²) in [6, 6.07) is 66.2. The number of fused-ring (bicyclic) bond motifs is 14. The molecule has 0 unspecified atom stereocenters. The summed E-state index contributed by atoms with van der Waals surface area (Å²) in [5.41, 5.74) is 17.6. The van der Waals surface area contributed by atoms with Crippen LogP contribution in [-0.4, -0.2) is 11.5 Å². The zero-order valence-corrected chi connectivity index (χ0v) is 31.7. The molecular formula is C55H36N2O. The first kappa shape index (κ1) is 33.7. The Labute approximate surface area is 337 Å². The van der Waals surface area contributed by atoms with Crippen molar-refractivity contribution in [1.29, 1.82) is 0 Å². The maximum atomic E-state index is 7.19. The molecule has 0 aliphatic heterocycles. The van der Waals surface area contributed by atoms with Gasteiger partial charge in [-0.25, -0.2) is 9.98 Å². The van der Waals surface area contributed by atoms with Crippen LogP contribution in [0.15, 0.2) is 222 Å². The van der Waals surface area contributed by atoms with Gasteiger partial charge >= 0.3 is 0 Å². The van der Waals surface area contributed by atoms with Crippen molar-refractivity contribution in [2.75, 3.05) is 0 Å². The molecule has 0 saturated heterocycles. The third-order valence-corrected chi connectivity index (χ3v) is 11.9. The molecule has 1 heterocycles. The van der Waals surface area contributed by atoms with Gasteiger partial charge in [0.25, 0.3) is 0 Å². The van der Waals surface area contributed by atoms with Crippen molar-refractivity contribution in [1.82, 2.24) is 0 Å². The van der Waals surface area contributed by atoms with Gasteiger partial charge in [-0.15, -0.1) is 0 Å². The minimum Gasteiger partial charge on any atom is -0.455 e. The number of hydrogen-bond acceptors (Lipinski definition) is 2. The Balaban J connectivity index is 1.10. The van der Waals surface area contributed by atoms with Crippen LogP contribution in [0.1, 0.15) is 38.9 Å². The van der Waals surface area contributed by atoms with E-state index in [1.165, 1.54) is 38.9 Å². The van der Waals surface area contributed by atoms with Crippen molar-refractivity contribution >= 4 is 39.2 Å². The fraction of sp³-hybridized carbons (Fsp3) is 0.0182. The van der Waals surface area contributed by atoms with E-state index in [9.17, 15) is 0 Å². The fourth-order valence-electron chi connectivity index (χ4n) is 9.41. The summed E-state index contributed by atoms with van der Waals surface area (Å²) in [7, 11) is 0. The first-order valence-corrected chi connectivity index (χ1v) is 19.6. The second-order valence-corrected chi connectivity index (χ2v) is 14.9. The first-order valence-electron chi connectivity index (χ1n) is 19.6. The number of allylic oxidation sites excluding steroid dienone is 1. The molecule has 3 heteroatoms. The van der Waals surface area contributed by atoms with Gasteiger partial charge in [-0.1, -0.05) is 195 Å². The minimum absolute atomic E-state index is 0.437. The fourth-order valence-corrected chi connectivity index (χ4v) is 9.41. The lowest BCUT2D eigenvalue weighted by atomic mass is 9.70. The molecule has 2 aliphatic carbocycles. The normalized spacial score (nSPS) is 13.7. The molecule has 1 aromatic heterocycles. The molecule has 8 aromatic carbocycles. The smallest absolute Gasteiger partial charge is 0.160 e. The van der Waals surface area contributed by atoms with Crippen LogP contribution < -0.4 is 0 Å². The van der Waals surface area contributed by atoms with Crippen molar-refractivity contribution in [2.45, 2.75) is 5.41 Å². The van der Waals surface area contributed by atoms with E-state index < -0.39 is 5.41 Å². The molecule has 11 rings (SSSR count). The van der Waals surface area contributed by atoms with Crippen LogP contribution in [-0.2, 0) is 5.41 Å². The number of aliphatic imine (C=N–C) groups is 2. The van der Waals surface area contributed by atoms with Gasteiger partial charge in [-0.2, -0.15) is 0 Å². The van der Waals surface area contributed by atoms with Crippen molar-refractivity contribution < 1.29 is 4.42 Å². The van der Waals surface area contributed by atoms with E-state index in [4.69, 9.17) is 14.4 Å². The first-order chi connectivity index (χ1) is 28.6. The van der Waals surface area contributed by atoms with E-state index in [1.54, 1.807) is 6.08 Å². The highest BCUT2D eigenvalue weighted by atomic mass is 16.3. The standard InChI is InChI=1S/C55H36N2O/c1-3-50(37-20-8-5-9-21-37)57-54(56-35(2)36-18-6-4-7-19-36)39-23-16-22-38(34-39)40-27-17-28-43-44-32-33-49-51(53(44)58-52(40)43)45-26-12-15-31-48(45)55(49)46-29-13-10-24-41(46)42-25-11-14-30-47(42)55/h3-34H,1-2H2. The molecule has 1 spiro atoms. The van der Waals surface area contributed by atoms with Gasteiger partial charge < -0.3 is 4.42 Å². The zero-order chi connectivity index (χ0) is 38.8. The van der Waals surface area contributed by atoms with Gasteiger partial charge in [0.2, 0.25) is 0 Å². The Morgan fingerprint density at radius 3 is 1.71 bits per heavy atom. The van der Waals surface area contributed by atoms with E-state index in [2.05, 4.69) is 141 Å². The number of rotatable bonds is 6. The number of furan rings is 1. The van der Waals surface area contributed by atoms with Gasteiger partial charge in [0.05, 0.1) is 16.8 Å². The van der Waals surface area contributed by atoms with Crippen molar-refractivity contribution in [2.24, 2.45) is 9.98 Å². The van der Waals surface area contributed by atoms with Gasteiger partial charge in [-0.3, -0.25) is 0 Å². The molecule has 0 radical (unpaired) electrons. The Kier molecular flexibility index (Phi) is 7.70. The second kappa shape index (κ2) is 13.3. The number of hydrogen-bond donors (Lipinski definition) is 0. The third kappa shape index (κ3) is 4.93. The highest BCUT2D eigenvalue weighted by Crippen LogP contribution is 2.64. The zero-order valence-electron chi connectivity index (χ0n) is 31.7. The molecule has 58 heavy (non-hydrogen) atoms. The Morgan fingerprint density at radius 1 is 0.466 bits per heavy atom. The summed E-state index contributed by atoms with van der Waals surface area (Å²) in [6.07, 6.45) is 1.78. The summed E-state index contributed by atoms with van der Waals surface area (Å²) in [5, 5.41) is 2.18. The predicted octanol–water partition coefficient (Wildman–Crippen LogP) is 13.7. The van der Waals surface area contributed by atoms with Crippen LogP contribution in [0.25, 0.3) is 61.0 Å². The average Bonchev–Trinajstić information content (AvgIpc) is 3.92. The van der Waals surface area contributed by atoms with E-state index >= 15 is 0 Å². The Bertz CT molecular complexity index is 3160. The van der Waals surface area contributed by atoms with Gasteiger partial charge in [-0.05, 0) is 62.2 Å². The van der Waals surface area contributed by atoms with Gasteiger partial charge in [0.1, 0.15) is 11.2 Å².